The lowest BCUT2D eigenvalue weighted by molar-refractivity contribution is 0.207. The molecule has 0 bridgehead atoms. The molecule has 0 fully saturated rings. The third-order valence-corrected chi connectivity index (χ3v) is 4.06. The van der Waals surface area contributed by atoms with Gasteiger partial charge in [0.15, 0.2) is 0 Å². The zero-order chi connectivity index (χ0) is 16.5. The Balaban J connectivity index is 1.50. The minimum atomic E-state index is -0.0905. The van der Waals surface area contributed by atoms with Gasteiger partial charge in [-0.3, -0.25) is 14.7 Å². The van der Waals surface area contributed by atoms with E-state index in [4.69, 9.17) is 4.52 Å². The molecule has 0 unspecified atom stereocenters. The normalized spacial score (nSPS) is 14.5. The van der Waals surface area contributed by atoms with Gasteiger partial charge in [-0.15, -0.1) is 0 Å². The number of pyridine rings is 1. The molecule has 4 heterocycles. The van der Waals surface area contributed by atoms with Gasteiger partial charge in [0.2, 0.25) is 11.7 Å². The molecule has 8 heteroatoms. The van der Waals surface area contributed by atoms with Crippen molar-refractivity contribution in [2.75, 3.05) is 6.54 Å². The first-order valence-electron chi connectivity index (χ1n) is 7.70. The lowest BCUT2D eigenvalue weighted by Gasteiger charge is -2.26. The second kappa shape index (κ2) is 5.97. The van der Waals surface area contributed by atoms with Crippen molar-refractivity contribution in [2.24, 2.45) is 7.05 Å². The van der Waals surface area contributed by atoms with Crippen molar-refractivity contribution in [1.29, 1.82) is 0 Å². The second-order valence-electron chi connectivity index (χ2n) is 5.79. The minimum absolute atomic E-state index is 0.0905. The highest BCUT2D eigenvalue weighted by Crippen LogP contribution is 2.19. The summed E-state index contributed by atoms with van der Waals surface area (Å²) < 4.78 is 6.72. The molecule has 0 N–H and O–H groups in total. The number of aryl methyl sites for hydroxylation is 1. The quantitative estimate of drug-likeness (QED) is 0.703. The molecule has 0 amide bonds. The lowest BCUT2D eigenvalue weighted by atomic mass is 10.1. The van der Waals surface area contributed by atoms with Crippen LogP contribution in [0.1, 0.15) is 17.1 Å². The Labute approximate surface area is 137 Å². The van der Waals surface area contributed by atoms with Gasteiger partial charge >= 0.3 is 0 Å². The van der Waals surface area contributed by atoms with Gasteiger partial charge in [0, 0.05) is 50.6 Å². The van der Waals surface area contributed by atoms with Crippen LogP contribution in [0.2, 0.25) is 0 Å². The van der Waals surface area contributed by atoms with E-state index >= 15 is 0 Å². The molecule has 0 spiro atoms. The van der Waals surface area contributed by atoms with Crippen molar-refractivity contribution in [3.05, 3.63) is 58.1 Å². The highest BCUT2D eigenvalue weighted by atomic mass is 16.5. The first-order chi connectivity index (χ1) is 11.7. The van der Waals surface area contributed by atoms with E-state index in [1.54, 1.807) is 25.5 Å². The van der Waals surface area contributed by atoms with Crippen LogP contribution < -0.4 is 5.56 Å². The lowest BCUT2D eigenvalue weighted by Crippen LogP contribution is -2.34. The van der Waals surface area contributed by atoms with Crippen LogP contribution in [-0.2, 0) is 26.6 Å². The predicted molar refractivity (Wildman–Crippen MR) is 84.8 cm³/mol. The van der Waals surface area contributed by atoms with E-state index in [2.05, 4.69) is 25.1 Å². The van der Waals surface area contributed by atoms with Gasteiger partial charge in [0.05, 0.1) is 12.2 Å². The van der Waals surface area contributed by atoms with Crippen LogP contribution in [0.3, 0.4) is 0 Å². The number of hydrogen-bond acceptors (Lipinski definition) is 7. The van der Waals surface area contributed by atoms with Gasteiger partial charge < -0.3 is 4.52 Å². The van der Waals surface area contributed by atoms with E-state index in [9.17, 15) is 4.79 Å². The number of aromatic nitrogens is 5. The highest BCUT2D eigenvalue weighted by Gasteiger charge is 2.21. The van der Waals surface area contributed by atoms with Gasteiger partial charge in [0.1, 0.15) is 0 Å². The van der Waals surface area contributed by atoms with Crippen LogP contribution in [0.25, 0.3) is 11.4 Å². The average molecular weight is 324 g/mol. The highest BCUT2D eigenvalue weighted by molar-refractivity contribution is 5.51. The summed E-state index contributed by atoms with van der Waals surface area (Å²) in [6.45, 7) is 2.04. The zero-order valence-corrected chi connectivity index (χ0v) is 13.2. The van der Waals surface area contributed by atoms with Crippen LogP contribution in [0, 0.1) is 0 Å². The fourth-order valence-corrected chi connectivity index (χ4v) is 2.81. The second-order valence-corrected chi connectivity index (χ2v) is 5.79. The summed E-state index contributed by atoms with van der Waals surface area (Å²) in [6.07, 6.45) is 4.20. The van der Waals surface area contributed by atoms with Crippen molar-refractivity contribution in [2.45, 2.75) is 19.5 Å². The van der Waals surface area contributed by atoms with Crippen molar-refractivity contribution in [3.63, 3.8) is 0 Å². The number of rotatable bonds is 3. The molecule has 0 saturated carbocycles. The molecule has 1 aliphatic heterocycles. The van der Waals surface area contributed by atoms with Crippen LogP contribution >= 0.6 is 0 Å². The third-order valence-electron chi connectivity index (χ3n) is 4.06. The molecule has 4 rings (SSSR count). The van der Waals surface area contributed by atoms with Gasteiger partial charge in [-0.1, -0.05) is 5.16 Å². The Kier molecular flexibility index (Phi) is 3.66. The van der Waals surface area contributed by atoms with Crippen molar-refractivity contribution in [3.8, 4) is 11.4 Å². The molecule has 24 heavy (non-hydrogen) atoms. The van der Waals surface area contributed by atoms with E-state index in [1.807, 2.05) is 12.1 Å². The van der Waals surface area contributed by atoms with Gasteiger partial charge in [-0.2, -0.15) is 10.1 Å². The molecule has 0 radical (unpaired) electrons. The van der Waals surface area contributed by atoms with E-state index < -0.39 is 0 Å². The SMILES string of the molecule is Cn1nc2c(cc1=O)CN(Cc1nc(-c3cccnc3)no1)CC2. The molecule has 1 aliphatic rings. The predicted octanol–water partition coefficient (Wildman–Crippen LogP) is 0.784. The van der Waals surface area contributed by atoms with Crippen molar-refractivity contribution in [1.82, 2.24) is 29.8 Å². The standard InChI is InChI=1S/C16H16N6O2/c1-21-15(23)7-12-9-22(6-4-13(12)19-21)10-14-18-16(20-24-14)11-3-2-5-17-8-11/h2-3,5,7-8H,4,6,9-10H2,1H3. The van der Waals surface area contributed by atoms with E-state index in [0.717, 1.165) is 29.8 Å². The topological polar surface area (TPSA) is 89.9 Å². The maximum Gasteiger partial charge on any atom is 0.266 e. The fourth-order valence-electron chi connectivity index (χ4n) is 2.81. The summed E-state index contributed by atoms with van der Waals surface area (Å²) >= 11 is 0. The summed E-state index contributed by atoms with van der Waals surface area (Å²) in [7, 11) is 1.67. The largest absolute Gasteiger partial charge is 0.338 e. The summed E-state index contributed by atoms with van der Waals surface area (Å²) in [5.41, 5.74) is 2.68. The Morgan fingerprint density at radius 1 is 1.38 bits per heavy atom. The first kappa shape index (κ1) is 14.7. The fraction of sp³-hybridized carbons (Fsp3) is 0.312. The summed E-state index contributed by atoms with van der Waals surface area (Å²) in [4.78, 5) is 22.4. The van der Waals surface area contributed by atoms with Gasteiger partial charge in [0.25, 0.3) is 5.56 Å². The van der Waals surface area contributed by atoms with Crippen molar-refractivity contribution < 1.29 is 4.52 Å². The number of hydrogen-bond donors (Lipinski definition) is 0. The molecular formula is C16H16N6O2. The number of nitrogens with zero attached hydrogens (tertiary/aromatic N) is 6. The molecule has 0 saturated heterocycles. The molecule has 0 aromatic carbocycles. The van der Waals surface area contributed by atoms with Crippen molar-refractivity contribution >= 4 is 0 Å². The monoisotopic (exact) mass is 324 g/mol. The average Bonchev–Trinajstić information content (AvgIpc) is 3.05. The molecule has 3 aromatic heterocycles. The molecule has 0 atom stereocenters. The first-order valence-corrected chi connectivity index (χ1v) is 7.70. The minimum Gasteiger partial charge on any atom is -0.338 e. The van der Waals surface area contributed by atoms with E-state index in [-0.39, 0.29) is 5.56 Å². The third kappa shape index (κ3) is 2.83. The summed E-state index contributed by atoms with van der Waals surface area (Å²) in [5.74, 6) is 1.08. The summed E-state index contributed by atoms with van der Waals surface area (Å²) in [6, 6.07) is 5.38. The Hall–Kier alpha value is -2.87. The summed E-state index contributed by atoms with van der Waals surface area (Å²) in [5, 5.41) is 8.32. The molecule has 0 aliphatic carbocycles. The Morgan fingerprint density at radius 3 is 3.12 bits per heavy atom. The van der Waals surface area contributed by atoms with E-state index in [0.29, 0.717) is 24.8 Å². The molecule has 122 valence electrons. The molecule has 3 aromatic rings. The van der Waals surface area contributed by atoms with Crippen LogP contribution in [0.5, 0.6) is 0 Å². The Bertz CT molecular complexity index is 918. The van der Waals surface area contributed by atoms with E-state index in [1.165, 1.54) is 4.68 Å². The van der Waals surface area contributed by atoms with Gasteiger partial charge in [-0.25, -0.2) is 4.68 Å². The smallest absolute Gasteiger partial charge is 0.266 e. The number of fused-ring (bicyclic) bond motifs is 1. The Morgan fingerprint density at radius 2 is 2.29 bits per heavy atom. The van der Waals surface area contributed by atoms with Gasteiger partial charge in [-0.05, 0) is 17.7 Å². The van der Waals surface area contributed by atoms with Crippen LogP contribution in [0.15, 0.2) is 39.9 Å². The maximum absolute atomic E-state index is 11.8. The molecule has 8 nitrogen and oxygen atoms in total. The van der Waals surface area contributed by atoms with Crippen LogP contribution in [-0.4, -0.2) is 36.3 Å². The van der Waals surface area contributed by atoms with Crippen LogP contribution in [0.4, 0.5) is 0 Å². The maximum atomic E-state index is 11.8. The zero-order valence-electron chi connectivity index (χ0n) is 13.2. The molecular weight excluding hydrogens is 308 g/mol.